The summed E-state index contributed by atoms with van der Waals surface area (Å²) in [4.78, 5) is 38.3. The quantitative estimate of drug-likeness (QED) is 0.548. The minimum absolute atomic E-state index is 0.191. The highest BCUT2D eigenvalue weighted by Crippen LogP contribution is 2.29. The number of benzene rings is 3. The fourth-order valence-electron chi connectivity index (χ4n) is 3.94. The van der Waals surface area contributed by atoms with Crippen molar-refractivity contribution >= 4 is 39.3 Å². The van der Waals surface area contributed by atoms with Gasteiger partial charge in [-0.15, -0.1) is 0 Å². The Morgan fingerprint density at radius 1 is 0.931 bits per heavy atom. The third-order valence-corrected chi connectivity index (χ3v) is 5.55. The number of hydrogen-bond acceptors (Lipinski definition) is 4. The number of rotatable bonds is 4. The van der Waals surface area contributed by atoms with Crippen molar-refractivity contribution in [3.8, 4) is 0 Å². The van der Waals surface area contributed by atoms with Crippen molar-refractivity contribution in [1.29, 1.82) is 0 Å². The van der Waals surface area contributed by atoms with Crippen molar-refractivity contribution in [3.63, 3.8) is 0 Å². The molecule has 0 aliphatic carbocycles. The molecule has 0 atom stereocenters. The number of nitrogens with zero attached hydrogens (tertiary/aromatic N) is 1. The molecular formula is C23H22N2O4. The molecule has 0 radical (unpaired) electrons. The summed E-state index contributed by atoms with van der Waals surface area (Å²) in [5.74, 6) is -1.29. The molecule has 1 aliphatic rings. The second-order valence-electron chi connectivity index (χ2n) is 7.33. The highest BCUT2D eigenvalue weighted by molar-refractivity contribution is 6.16. The molecule has 0 aromatic heterocycles. The largest absolute Gasteiger partial charge is 0.452 e. The van der Waals surface area contributed by atoms with Crippen LogP contribution in [0.1, 0.15) is 23.2 Å². The molecule has 1 heterocycles. The molecule has 1 fully saturated rings. The molecule has 29 heavy (non-hydrogen) atoms. The molecule has 0 bridgehead atoms. The second kappa shape index (κ2) is 7.91. The predicted molar refractivity (Wildman–Crippen MR) is 110 cm³/mol. The molecule has 2 N–H and O–H groups in total. The summed E-state index contributed by atoms with van der Waals surface area (Å²) < 4.78 is 5.41. The average Bonchev–Trinajstić information content (AvgIpc) is 2.75. The Bertz CT molecular complexity index is 1050. The molecule has 0 spiro atoms. The molecule has 0 saturated carbocycles. The Labute approximate surface area is 168 Å². The summed E-state index contributed by atoms with van der Waals surface area (Å²) in [6, 6.07) is 17.3. The Kier molecular flexibility index (Phi) is 5.16. The number of fused-ring (bicyclic) bond motifs is 2. The van der Waals surface area contributed by atoms with E-state index in [1.165, 1.54) is 0 Å². The fraction of sp³-hybridized carbons (Fsp3) is 0.261. The SMILES string of the molecule is NC(=O)C1CCN(C(=O)COC(=O)c2c3ccccc3cc3ccccc23)CC1. The van der Waals surface area contributed by atoms with Gasteiger partial charge in [-0.25, -0.2) is 4.79 Å². The first-order chi connectivity index (χ1) is 14.0. The van der Waals surface area contributed by atoms with E-state index in [1.54, 1.807) is 4.90 Å². The van der Waals surface area contributed by atoms with Gasteiger partial charge in [-0.3, -0.25) is 9.59 Å². The van der Waals surface area contributed by atoms with Gasteiger partial charge in [0.15, 0.2) is 6.61 Å². The molecule has 148 valence electrons. The zero-order valence-electron chi connectivity index (χ0n) is 16.0. The van der Waals surface area contributed by atoms with Crippen LogP contribution < -0.4 is 5.73 Å². The van der Waals surface area contributed by atoms with Gasteiger partial charge in [0.1, 0.15) is 0 Å². The molecule has 0 unspecified atom stereocenters. The van der Waals surface area contributed by atoms with Gasteiger partial charge in [0.25, 0.3) is 5.91 Å². The standard InChI is InChI=1S/C23H22N2O4/c24-22(27)15-9-11-25(12-10-15)20(26)14-29-23(28)21-18-7-3-1-5-16(18)13-17-6-2-4-8-19(17)21/h1-8,13,15H,9-12,14H2,(H2,24,27). The zero-order chi connectivity index (χ0) is 20.4. The van der Waals surface area contributed by atoms with Crippen LogP contribution in [0, 0.1) is 5.92 Å². The fourth-order valence-corrected chi connectivity index (χ4v) is 3.94. The summed E-state index contributed by atoms with van der Waals surface area (Å²) in [5, 5.41) is 3.48. The van der Waals surface area contributed by atoms with Crippen LogP contribution in [0.15, 0.2) is 54.6 Å². The maximum absolute atomic E-state index is 12.9. The lowest BCUT2D eigenvalue weighted by atomic mass is 9.96. The Morgan fingerprint density at radius 2 is 1.48 bits per heavy atom. The highest BCUT2D eigenvalue weighted by Gasteiger charge is 2.26. The Morgan fingerprint density at radius 3 is 2.03 bits per heavy atom. The van der Waals surface area contributed by atoms with Crippen molar-refractivity contribution in [1.82, 2.24) is 4.90 Å². The normalized spacial score (nSPS) is 14.8. The minimum atomic E-state index is -0.515. The van der Waals surface area contributed by atoms with Crippen LogP contribution in [0.25, 0.3) is 21.5 Å². The van der Waals surface area contributed by atoms with Crippen molar-refractivity contribution in [2.45, 2.75) is 12.8 Å². The van der Waals surface area contributed by atoms with E-state index < -0.39 is 5.97 Å². The van der Waals surface area contributed by atoms with E-state index in [4.69, 9.17) is 10.5 Å². The maximum atomic E-state index is 12.9. The molecule has 3 aromatic rings. The monoisotopic (exact) mass is 390 g/mol. The average molecular weight is 390 g/mol. The van der Waals surface area contributed by atoms with Crippen LogP contribution in [0.4, 0.5) is 0 Å². The van der Waals surface area contributed by atoms with Crippen LogP contribution >= 0.6 is 0 Å². The van der Waals surface area contributed by atoms with Gasteiger partial charge < -0.3 is 15.4 Å². The van der Waals surface area contributed by atoms with E-state index in [9.17, 15) is 14.4 Å². The Balaban J connectivity index is 1.52. The molecule has 2 amide bonds. The summed E-state index contributed by atoms with van der Waals surface area (Å²) in [7, 11) is 0. The molecule has 6 nitrogen and oxygen atoms in total. The van der Waals surface area contributed by atoms with Gasteiger partial charge in [-0.05, 0) is 40.5 Å². The van der Waals surface area contributed by atoms with Crippen LogP contribution in [0.3, 0.4) is 0 Å². The lowest BCUT2D eigenvalue weighted by Gasteiger charge is -2.30. The number of hydrogen-bond donors (Lipinski definition) is 1. The summed E-state index contributed by atoms with van der Waals surface area (Å²) >= 11 is 0. The van der Waals surface area contributed by atoms with Crippen molar-refractivity contribution < 1.29 is 19.1 Å². The van der Waals surface area contributed by atoms with Gasteiger partial charge in [0.05, 0.1) is 5.56 Å². The highest BCUT2D eigenvalue weighted by atomic mass is 16.5. The minimum Gasteiger partial charge on any atom is -0.452 e. The first-order valence-electron chi connectivity index (χ1n) is 9.69. The van der Waals surface area contributed by atoms with Crippen LogP contribution in [0.5, 0.6) is 0 Å². The van der Waals surface area contributed by atoms with E-state index in [1.807, 2.05) is 54.6 Å². The van der Waals surface area contributed by atoms with Crippen molar-refractivity contribution in [2.24, 2.45) is 11.7 Å². The predicted octanol–water partition coefficient (Wildman–Crippen LogP) is 2.87. The number of amides is 2. The topological polar surface area (TPSA) is 89.7 Å². The van der Waals surface area contributed by atoms with Crippen molar-refractivity contribution in [2.75, 3.05) is 19.7 Å². The molecule has 4 rings (SSSR count). The first-order valence-corrected chi connectivity index (χ1v) is 9.69. The van der Waals surface area contributed by atoms with E-state index in [-0.39, 0.29) is 24.3 Å². The second-order valence-corrected chi connectivity index (χ2v) is 7.33. The van der Waals surface area contributed by atoms with Gasteiger partial charge in [0.2, 0.25) is 5.91 Å². The molecule has 3 aromatic carbocycles. The Hall–Kier alpha value is -3.41. The van der Waals surface area contributed by atoms with E-state index in [0.29, 0.717) is 31.5 Å². The maximum Gasteiger partial charge on any atom is 0.339 e. The van der Waals surface area contributed by atoms with Gasteiger partial charge in [-0.2, -0.15) is 0 Å². The van der Waals surface area contributed by atoms with Gasteiger partial charge in [-0.1, -0.05) is 48.5 Å². The van der Waals surface area contributed by atoms with E-state index in [0.717, 1.165) is 21.5 Å². The number of primary amides is 1. The smallest absolute Gasteiger partial charge is 0.339 e. The number of carbonyl (C=O) groups is 3. The molecule has 1 aliphatic heterocycles. The lowest BCUT2D eigenvalue weighted by molar-refractivity contribution is -0.137. The summed E-state index contributed by atoms with van der Waals surface area (Å²) in [6.45, 7) is 0.569. The molecular weight excluding hydrogens is 368 g/mol. The molecule has 6 heteroatoms. The van der Waals surface area contributed by atoms with Crippen LogP contribution in [-0.2, 0) is 14.3 Å². The first kappa shape index (κ1) is 18.9. The number of nitrogens with two attached hydrogens (primary N) is 1. The third kappa shape index (κ3) is 3.78. The summed E-state index contributed by atoms with van der Waals surface area (Å²) in [5.41, 5.74) is 5.80. The van der Waals surface area contributed by atoms with E-state index in [2.05, 4.69) is 0 Å². The van der Waals surface area contributed by atoms with E-state index >= 15 is 0 Å². The van der Waals surface area contributed by atoms with Crippen molar-refractivity contribution in [3.05, 3.63) is 60.2 Å². The van der Waals surface area contributed by atoms with Crippen LogP contribution in [-0.4, -0.2) is 42.4 Å². The zero-order valence-corrected chi connectivity index (χ0v) is 16.0. The number of likely N-dealkylation sites (tertiary alicyclic amines) is 1. The van der Waals surface area contributed by atoms with Gasteiger partial charge in [0, 0.05) is 19.0 Å². The number of ether oxygens (including phenoxy) is 1. The van der Waals surface area contributed by atoms with Crippen LogP contribution in [0.2, 0.25) is 0 Å². The number of esters is 1. The number of piperidine rings is 1. The summed E-state index contributed by atoms with van der Waals surface area (Å²) in [6.07, 6.45) is 1.09. The molecule has 1 saturated heterocycles. The third-order valence-electron chi connectivity index (χ3n) is 5.55. The lowest BCUT2D eigenvalue weighted by Crippen LogP contribution is -2.43. The van der Waals surface area contributed by atoms with Gasteiger partial charge >= 0.3 is 5.97 Å². The number of carbonyl (C=O) groups excluding carboxylic acids is 3.